The number of rotatable bonds is 6. The standard InChI is InChI=1S/C12H17NO3/c1-15-9-11(12(14)16-2)13-8-10-6-4-3-5-7-10/h3-7,11,13H,8-9H2,1-2H3/t11-/m0/s1. The molecule has 0 unspecified atom stereocenters. The van der Waals surface area contributed by atoms with Crippen molar-refractivity contribution >= 4 is 5.97 Å². The van der Waals surface area contributed by atoms with Gasteiger partial charge in [0.1, 0.15) is 6.04 Å². The van der Waals surface area contributed by atoms with Crippen LogP contribution in [0.15, 0.2) is 30.3 Å². The molecule has 0 heterocycles. The second-order valence-corrected chi connectivity index (χ2v) is 3.40. The van der Waals surface area contributed by atoms with E-state index < -0.39 is 6.04 Å². The van der Waals surface area contributed by atoms with E-state index in [4.69, 9.17) is 4.74 Å². The first-order chi connectivity index (χ1) is 7.77. The Hall–Kier alpha value is -1.39. The smallest absolute Gasteiger partial charge is 0.325 e. The molecule has 16 heavy (non-hydrogen) atoms. The SMILES string of the molecule is COC[C@H](NCc1ccccc1)C(=O)OC. The highest BCUT2D eigenvalue weighted by atomic mass is 16.5. The Bertz CT molecular complexity index is 313. The Kier molecular flexibility index (Phi) is 5.53. The van der Waals surface area contributed by atoms with Gasteiger partial charge in [-0.1, -0.05) is 30.3 Å². The van der Waals surface area contributed by atoms with Crippen LogP contribution in [0, 0.1) is 0 Å². The lowest BCUT2D eigenvalue weighted by molar-refractivity contribution is -0.144. The molecule has 1 rings (SSSR count). The number of carbonyl (C=O) groups is 1. The van der Waals surface area contributed by atoms with Crippen molar-refractivity contribution in [3.05, 3.63) is 35.9 Å². The van der Waals surface area contributed by atoms with Crippen molar-refractivity contribution in [3.8, 4) is 0 Å². The number of methoxy groups -OCH3 is 2. The molecule has 0 spiro atoms. The number of hydrogen-bond donors (Lipinski definition) is 1. The van der Waals surface area contributed by atoms with Gasteiger partial charge in [-0.15, -0.1) is 0 Å². The van der Waals surface area contributed by atoms with Gasteiger partial charge in [0.15, 0.2) is 0 Å². The summed E-state index contributed by atoms with van der Waals surface area (Å²) < 4.78 is 9.62. The minimum atomic E-state index is -0.421. The summed E-state index contributed by atoms with van der Waals surface area (Å²) in [5, 5.41) is 3.09. The van der Waals surface area contributed by atoms with Crippen LogP contribution in [0.4, 0.5) is 0 Å². The molecule has 1 aromatic rings. The molecule has 4 nitrogen and oxygen atoms in total. The van der Waals surface area contributed by atoms with Gasteiger partial charge in [-0.25, -0.2) is 0 Å². The third kappa shape index (κ3) is 4.00. The second kappa shape index (κ2) is 6.98. The number of nitrogens with one attached hydrogen (secondary N) is 1. The van der Waals surface area contributed by atoms with E-state index in [0.29, 0.717) is 13.2 Å². The largest absolute Gasteiger partial charge is 0.468 e. The first-order valence-corrected chi connectivity index (χ1v) is 5.12. The summed E-state index contributed by atoms with van der Waals surface area (Å²) in [6, 6.07) is 9.44. The van der Waals surface area contributed by atoms with Crippen molar-refractivity contribution in [3.63, 3.8) is 0 Å². The first kappa shape index (κ1) is 12.7. The minimum absolute atomic E-state index is 0.305. The van der Waals surface area contributed by atoms with Crippen molar-refractivity contribution in [1.29, 1.82) is 0 Å². The van der Waals surface area contributed by atoms with Crippen LogP contribution in [0.1, 0.15) is 5.56 Å². The summed E-state index contributed by atoms with van der Waals surface area (Å²) in [5.74, 6) is -0.308. The van der Waals surface area contributed by atoms with E-state index in [9.17, 15) is 4.79 Å². The molecule has 1 aromatic carbocycles. The van der Waals surface area contributed by atoms with E-state index in [1.165, 1.54) is 7.11 Å². The van der Waals surface area contributed by atoms with Crippen LogP contribution in [0.5, 0.6) is 0 Å². The van der Waals surface area contributed by atoms with E-state index in [1.54, 1.807) is 7.11 Å². The molecular formula is C12H17NO3. The molecular weight excluding hydrogens is 206 g/mol. The van der Waals surface area contributed by atoms with Gasteiger partial charge in [0.05, 0.1) is 13.7 Å². The van der Waals surface area contributed by atoms with Crippen LogP contribution in [0.3, 0.4) is 0 Å². The maximum atomic E-state index is 11.4. The normalized spacial score (nSPS) is 12.1. The van der Waals surface area contributed by atoms with Gasteiger partial charge in [0, 0.05) is 13.7 Å². The Morgan fingerprint density at radius 1 is 1.31 bits per heavy atom. The summed E-state index contributed by atoms with van der Waals surface area (Å²) in [6.07, 6.45) is 0. The number of hydrogen-bond acceptors (Lipinski definition) is 4. The average Bonchev–Trinajstić information content (AvgIpc) is 2.34. The Morgan fingerprint density at radius 2 is 2.00 bits per heavy atom. The average molecular weight is 223 g/mol. The molecule has 1 atom stereocenters. The zero-order valence-corrected chi connectivity index (χ0v) is 9.60. The molecule has 0 aromatic heterocycles. The zero-order valence-electron chi connectivity index (χ0n) is 9.60. The van der Waals surface area contributed by atoms with Crippen LogP contribution < -0.4 is 5.32 Å². The Morgan fingerprint density at radius 3 is 2.56 bits per heavy atom. The molecule has 1 N–H and O–H groups in total. The lowest BCUT2D eigenvalue weighted by atomic mass is 10.2. The molecule has 0 aliphatic rings. The molecule has 0 saturated heterocycles. The van der Waals surface area contributed by atoms with Crippen LogP contribution in [-0.2, 0) is 20.8 Å². The highest BCUT2D eigenvalue weighted by Gasteiger charge is 2.17. The van der Waals surface area contributed by atoms with Crippen molar-refractivity contribution in [1.82, 2.24) is 5.32 Å². The molecule has 88 valence electrons. The van der Waals surface area contributed by atoms with E-state index in [1.807, 2.05) is 30.3 Å². The van der Waals surface area contributed by atoms with Crippen molar-refractivity contribution < 1.29 is 14.3 Å². The highest BCUT2D eigenvalue weighted by molar-refractivity contribution is 5.75. The number of benzene rings is 1. The lowest BCUT2D eigenvalue weighted by Crippen LogP contribution is -2.40. The predicted octanol–water partition coefficient (Wildman–Crippen LogP) is 0.964. The van der Waals surface area contributed by atoms with Crippen molar-refractivity contribution in [2.24, 2.45) is 0 Å². The summed E-state index contributed by atoms with van der Waals surface area (Å²) in [5.41, 5.74) is 1.12. The number of esters is 1. The Labute approximate surface area is 95.6 Å². The number of ether oxygens (including phenoxy) is 2. The zero-order chi connectivity index (χ0) is 11.8. The minimum Gasteiger partial charge on any atom is -0.468 e. The molecule has 0 radical (unpaired) electrons. The van der Waals surface area contributed by atoms with Gasteiger partial charge in [-0.05, 0) is 5.56 Å². The van der Waals surface area contributed by atoms with Gasteiger partial charge in [-0.2, -0.15) is 0 Å². The van der Waals surface area contributed by atoms with E-state index in [0.717, 1.165) is 5.56 Å². The molecule has 0 aliphatic carbocycles. The van der Waals surface area contributed by atoms with E-state index in [2.05, 4.69) is 10.1 Å². The molecule has 0 aliphatic heterocycles. The molecule has 0 fully saturated rings. The van der Waals surface area contributed by atoms with Gasteiger partial charge >= 0.3 is 5.97 Å². The van der Waals surface area contributed by atoms with Crippen molar-refractivity contribution in [2.75, 3.05) is 20.8 Å². The maximum absolute atomic E-state index is 11.4. The van der Waals surface area contributed by atoms with Crippen LogP contribution in [-0.4, -0.2) is 32.8 Å². The highest BCUT2D eigenvalue weighted by Crippen LogP contribution is 1.99. The van der Waals surface area contributed by atoms with E-state index >= 15 is 0 Å². The third-order valence-electron chi connectivity index (χ3n) is 2.21. The first-order valence-electron chi connectivity index (χ1n) is 5.12. The Balaban J connectivity index is 2.47. The molecule has 0 amide bonds. The lowest BCUT2D eigenvalue weighted by Gasteiger charge is -2.15. The summed E-state index contributed by atoms with van der Waals surface area (Å²) in [7, 11) is 2.93. The number of carbonyl (C=O) groups excluding carboxylic acids is 1. The topological polar surface area (TPSA) is 47.6 Å². The molecule has 4 heteroatoms. The summed E-state index contributed by atoms with van der Waals surface area (Å²) in [6.45, 7) is 0.920. The van der Waals surface area contributed by atoms with Gasteiger partial charge < -0.3 is 9.47 Å². The third-order valence-corrected chi connectivity index (χ3v) is 2.21. The van der Waals surface area contributed by atoms with Crippen molar-refractivity contribution in [2.45, 2.75) is 12.6 Å². The maximum Gasteiger partial charge on any atom is 0.325 e. The van der Waals surface area contributed by atoms with Crippen LogP contribution >= 0.6 is 0 Å². The van der Waals surface area contributed by atoms with Gasteiger partial charge in [0.2, 0.25) is 0 Å². The fourth-order valence-electron chi connectivity index (χ4n) is 1.36. The quantitative estimate of drug-likeness (QED) is 0.730. The van der Waals surface area contributed by atoms with Gasteiger partial charge in [0.25, 0.3) is 0 Å². The molecule has 0 bridgehead atoms. The second-order valence-electron chi connectivity index (χ2n) is 3.40. The fourth-order valence-corrected chi connectivity index (χ4v) is 1.36. The van der Waals surface area contributed by atoms with Crippen LogP contribution in [0.25, 0.3) is 0 Å². The predicted molar refractivity (Wildman–Crippen MR) is 61.0 cm³/mol. The summed E-state index contributed by atoms with van der Waals surface area (Å²) >= 11 is 0. The monoisotopic (exact) mass is 223 g/mol. The van der Waals surface area contributed by atoms with Gasteiger partial charge in [-0.3, -0.25) is 10.1 Å². The summed E-state index contributed by atoms with van der Waals surface area (Å²) in [4.78, 5) is 11.4. The van der Waals surface area contributed by atoms with E-state index in [-0.39, 0.29) is 5.97 Å². The molecule has 0 saturated carbocycles. The van der Waals surface area contributed by atoms with Crippen LogP contribution in [0.2, 0.25) is 0 Å². The fraction of sp³-hybridized carbons (Fsp3) is 0.417.